The summed E-state index contributed by atoms with van der Waals surface area (Å²) < 4.78 is 5.24. The highest BCUT2D eigenvalue weighted by molar-refractivity contribution is 5.90. The van der Waals surface area contributed by atoms with Gasteiger partial charge in [0.1, 0.15) is 12.0 Å². The first-order valence-electron chi connectivity index (χ1n) is 9.41. The van der Waals surface area contributed by atoms with E-state index in [4.69, 9.17) is 10.5 Å². The molecule has 0 saturated carbocycles. The molecule has 1 heterocycles. The minimum Gasteiger partial charge on any atom is -0.462 e. The second-order valence-corrected chi connectivity index (χ2v) is 7.12. The molecular formula is C22H25N5O2. The summed E-state index contributed by atoms with van der Waals surface area (Å²) in [6, 6.07) is 14.8. The third-order valence-electron chi connectivity index (χ3n) is 4.21. The molecule has 150 valence electrons. The first kappa shape index (κ1) is 20.1. The number of ether oxygens (including phenoxy) is 1. The molecule has 7 nitrogen and oxygen atoms in total. The number of hydrogen-bond acceptors (Lipinski definition) is 7. The van der Waals surface area contributed by atoms with Gasteiger partial charge in [-0.05, 0) is 48.7 Å². The number of nitrogens with zero attached hydrogens (tertiary/aromatic N) is 2. The molecule has 0 saturated heterocycles. The van der Waals surface area contributed by atoms with Crippen molar-refractivity contribution in [3.63, 3.8) is 0 Å². The van der Waals surface area contributed by atoms with Crippen LogP contribution in [-0.2, 0) is 4.74 Å². The summed E-state index contributed by atoms with van der Waals surface area (Å²) in [6.45, 7) is 6.39. The van der Waals surface area contributed by atoms with Gasteiger partial charge in [-0.25, -0.2) is 14.8 Å². The highest BCUT2D eigenvalue weighted by Gasteiger charge is 2.11. The predicted octanol–water partition coefficient (Wildman–Crippen LogP) is 4.67. The van der Waals surface area contributed by atoms with Crippen LogP contribution in [0.25, 0.3) is 0 Å². The Morgan fingerprint density at radius 1 is 1.03 bits per heavy atom. The Balaban J connectivity index is 1.72. The van der Waals surface area contributed by atoms with E-state index in [1.807, 2.05) is 45.0 Å². The monoisotopic (exact) mass is 391 g/mol. The summed E-state index contributed by atoms with van der Waals surface area (Å²) in [4.78, 5) is 20.5. The number of anilines is 5. The van der Waals surface area contributed by atoms with Crippen molar-refractivity contribution < 1.29 is 9.53 Å². The smallest absolute Gasteiger partial charge is 0.338 e. The molecule has 0 atom stereocenters. The van der Waals surface area contributed by atoms with Crippen molar-refractivity contribution in [1.82, 2.24) is 9.97 Å². The molecule has 29 heavy (non-hydrogen) atoms. The van der Waals surface area contributed by atoms with Crippen LogP contribution in [0.4, 0.5) is 28.7 Å². The van der Waals surface area contributed by atoms with Crippen LogP contribution in [0.3, 0.4) is 0 Å². The van der Waals surface area contributed by atoms with E-state index in [9.17, 15) is 4.79 Å². The lowest BCUT2D eigenvalue weighted by molar-refractivity contribution is 0.0459. The van der Waals surface area contributed by atoms with E-state index in [0.717, 1.165) is 16.9 Å². The summed E-state index contributed by atoms with van der Waals surface area (Å²) >= 11 is 0. The molecule has 3 rings (SSSR count). The van der Waals surface area contributed by atoms with E-state index in [1.54, 1.807) is 24.3 Å². The summed E-state index contributed by atoms with van der Waals surface area (Å²) in [5, 5.41) is 6.40. The number of nitrogens with two attached hydrogens (primary N) is 1. The van der Waals surface area contributed by atoms with Gasteiger partial charge in [-0.1, -0.05) is 32.0 Å². The van der Waals surface area contributed by atoms with Crippen LogP contribution in [0.1, 0.15) is 29.8 Å². The Morgan fingerprint density at radius 3 is 2.34 bits per heavy atom. The quantitative estimate of drug-likeness (QED) is 0.503. The molecule has 0 amide bonds. The Bertz CT molecular complexity index is 987. The van der Waals surface area contributed by atoms with Gasteiger partial charge in [-0.3, -0.25) is 0 Å². The minimum atomic E-state index is -0.337. The second kappa shape index (κ2) is 9.05. The van der Waals surface area contributed by atoms with E-state index in [1.165, 1.54) is 6.33 Å². The molecule has 3 aromatic rings. The molecular weight excluding hydrogens is 366 g/mol. The zero-order valence-corrected chi connectivity index (χ0v) is 16.8. The van der Waals surface area contributed by atoms with Crippen molar-refractivity contribution in [2.24, 2.45) is 5.92 Å². The van der Waals surface area contributed by atoms with Gasteiger partial charge in [-0.15, -0.1) is 0 Å². The number of benzene rings is 2. The van der Waals surface area contributed by atoms with Crippen molar-refractivity contribution in [3.05, 3.63) is 66.0 Å². The van der Waals surface area contributed by atoms with Crippen LogP contribution in [0.2, 0.25) is 0 Å². The Kier molecular flexibility index (Phi) is 6.29. The number of esters is 1. The second-order valence-electron chi connectivity index (χ2n) is 7.12. The summed E-state index contributed by atoms with van der Waals surface area (Å²) in [5.41, 5.74) is 9.90. The molecule has 0 fully saturated rings. The molecule has 0 aliphatic heterocycles. The topological polar surface area (TPSA) is 102 Å². The van der Waals surface area contributed by atoms with Gasteiger partial charge in [0, 0.05) is 11.4 Å². The molecule has 0 aliphatic rings. The summed E-state index contributed by atoms with van der Waals surface area (Å²) in [7, 11) is 0. The van der Waals surface area contributed by atoms with Crippen LogP contribution in [0, 0.1) is 12.8 Å². The molecule has 4 N–H and O–H groups in total. The fourth-order valence-corrected chi connectivity index (χ4v) is 2.59. The van der Waals surface area contributed by atoms with Crippen molar-refractivity contribution >= 4 is 34.7 Å². The number of nitrogens with one attached hydrogen (secondary N) is 2. The van der Waals surface area contributed by atoms with Gasteiger partial charge in [-0.2, -0.15) is 0 Å². The summed E-state index contributed by atoms with van der Waals surface area (Å²) in [5.74, 6) is 0.955. The maximum Gasteiger partial charge on any atom is 0.338 e. The van der Waals surface area contributed by atoms with Gasteiger partial charge in [0.15, 0.2) is 11.6 Å². The number of carbonyl (C=O) groups is 1. The van der Waals surface area contributed by atoms with Gasteiger partial charge >= 0.3 is 5.97 Å². The van der Waals surface area contributed by atoms with Gasteiger partial charge in [0.05, 0.1) is 12.2 Å². The average Bonchev–Trinajstić information content (AvgIpc) is 2.71. The molecule has 0 bridgehead atoms. The highest BCUT2D eigenvalue weighted by atomic mass is 16.5. The standard InChI is InChI=1S/C22H25N5O2/c1-14(2)12-29-22(28)16-8-10-17(11-9-16)26-20-19(23)21(25-13-24-20)27-18-7-5-4-6-15(18)3/h4-11,13-14H,12,23H2,1-3H3,(H2,24,25,26,27). The number of aryl methyl sites for hydroxylation is 1. The SMILES string of the molecule is Cc1ccccc1Nc1ncnc(Nc2ccc(C(=O)OCC(C)C)cc2)c1N. The van der Waals surface area contributed by atoms with Crippen LogP contribution in [0.5, 0.6) is 0 Å². The third kappa shape index (κ3) is 5.22. The Labute approximate surface area is 170 Å². The van der Waals surface area contributed by atoms with Crippen molar-refractivity contribution in [1.29, 1.82) is 0 Å². The Morgan fingerprint density at radius 2 is 1.69 bits per heavy atom. The largest absolute Gasteiger partial charge is 0.462 e. The zero-order chi connectivity index (χ0) is 20.8. The lowest BCUT2D eigenvalue weighted by Crippen LogP contribution is -2.10. The average molecular weight is 391 g/mol. The fourth-order valence-electron chi connectivity index (χ4n) is 2.59. The third-order valence-corrected chi connectivity index (χ3v) is 4.21. The van der Waals surface area contributed by atoms with E-state index in [2.05, 4.69) is 20.6 Å². The van der Waals surface area contributed by atoms with Crippen LogP contribution in [0.15, 0.2) is 54.9 Å². The molecule has 0 unspecified atom stereocenters. The van der Waals surface area contributed by atoms with E-state index < -0.39 is 0 Å². The fraction of sp³-hybridized carbons (Fsp3) is 0.227. The van der Waals surface area contributed by atoms with E-state index in [0.29, 0.717) is 35.4 Å². The Hall–Kier alpha value is -3.61. The number of hydrogen-bond donors (Lipinski definition) is 3. The molecule has 2 aromatic carbocycles. The lowest BCUT2D eigenvalue weighted by Gasteiger charge is -2.14. The number of para-hydroxylation sites is 1. The summed E-state index contributed by atoms with van der Waals surface area (Å²) in [6.07, 6.45) is 1.44. The number of aromatic nitrogens is 2. The molecule has 0 aliphatic carbocycles. The van der Waals surface area contributed by atoms with Gasteiger partial charge < -0.3 is 21.1 Å². The number of rotatable bonds is 7. The zero-order valence-electron chi connectivity index (χ0n) is 16.8. The van der Waals surface area contributed by atoms with Crippen molar-refractivity contribution in [3.8, 4) is 0 Å². The van der Waals surface area contributed by atoms with Crippen LogP contribution >= 0.6 is 0 Å². The van der Waals surface area contributed by atoms with Crippen LogP contribution in [-0.4, -0.2) is 22.5 Å². The first-order chi connectivity index (χ1) is 13.9. The molecule has 0 spiro atoms. The minimum absolute atomic E-state index is 0.295. The number of nitrogen functional groups attached to an aromatic ring is 1. The van der Waals surface area contributed by atoms with E-state index in [-0.39, 0.29) is 5.97 Å². The molecule has 7 heteroatoms. The number of carbonyl (C=O) groups excluding carboxylic acids is 1. The first-order valence-corrected chi connectivity index (χ1v) is 9.41. The van der Waals surface area contributed by atoms with Gasteiger partial charge in [0.25, 0.3) is 0 Å². The van der Waals surface area contributed by atoms with Crippen molar-refractivity contribution in [2.75, 3.05) is 23.0 Å². The highest BCUT2D eigenvalue weighted by Crippen LogP contribution is 2.29. The lowest BCUT2D eigenvalue weighted by atomic mass is 10.2. The maximum absolute atomic E-state index is 12.0. The normalized spacial score (nSPS) is 10.6. The van der Waals surface area contributed by atoms with Crippen molar-refractivity contribution in [2.45, 2.75) is 20.8 Å². The molecule has 1 aromatic heterocycles. The maximum atomic E-state index is 12.0. The van der Waals surface area contributed by atoms with E-state index >= 15 is 0 Å². The van der Waals surface area contributed by atoms with Crippen LogP contribution < -0.4 is 16.4 Å². The van der Waals surface area contributed by atoms with Gasteiger partial charge in [0.2, 0.25) is 0 Å². The predicted molar refractivity (Wildman–Crippen MR) is 116 cm³/mol. The molecule has 0 radical (unpaired) electrons.